The third kappa shape index (κ3) is 5.86. The maximum atomic E-state index is 12.0. The van der Waals surface area contributed by atoms with Crippen LogP contribution in [-0.2, 0) is 14.8 Å². The maximum Gasteiger partial charge on any atom is 0.212 e. The van der Waals surface area contributed by atoms with E-state index in [1.54, 1.807) is 0 Å². The first-order valence-corrected chi connectivity index (χ1v) is 9.73. The van der Waals surface area contributed by atoms with Crippen molar-refractivity contribution in [3.8, 4) is 0 Å². The summed E-state index contributed by atoms with van der Waals surface area (Å²) >= 11 is 1.47. The minimum Gasteiger partial charge on any atom is -0.398 e. The van der Waals surface area contributed by atoms with Gasteiger partial charge in [0.15, 0.2) is 0 Å². The second-order valence-electron chi connectivity index (χ2n) is 5.14. The zero-order valence-electron chi connectivity index (χ0n) is 12.0. The lowest BCUT2D eigenvalue weighted by Crippen LogP contribution is -2.35. The Morgan fingerprint density at radius 3 is 2.90 bits per heavy atom. The van der Waals surface area contributed by atoms with Gasteiger partial charge in [0.2, 0.25) is 10.0 Å². The van der Waals surface area contributed by atoms with Gasteiger partial charge < -0.3 is 10.5 Å². The maximum absolute atomic E-state index is 12.0. The molecule has 7 heteroatoms. The van der Waals surface area contributed by atoms with Crippen LogP contribution in [0.3, 0.4) is 0 Å². The summed E-state index contributed by atoms with van der Waals surface area (Å²) in [6.45, 7) is 1.91. The Hall–Kier alpha value is -0.760. The standard InChI is InChI=1S/C14H22N2O3S2/c15-13-5-1-2-6-14(13)20-8-9-21(17,18)16-10-12-4-3-7-19-11-12/h1-2,5-6,12,16H,3-4,7-11,15H2. The molecule has 3 N–H and O–H groups in total. The molecule has 1 aliphatic heterocycles. The van der Waals surface area contributed by atoms with Crippen LogP contribution >= 0.6 is 11.8 Å². The minimum absolute atomic E-state index is 0.0968. The molecule has 1 atom stereocenters. The second kappa shape index (κ2) is 8.03. The van der Waals surface area contributed by atoms with E-state index < -0.39 is 10.0 Å². The monoisotopic (exact) mass is 330 g/mol. The number of nitrogen functional groups attached to an aromatic ring is 1. The summed E-state index contributed by atoms with van der Waals surface area (Å²) < 4.78 is 31.9. The lowest BCUT2D eigenvalue weighted by Gasteiger charge is -2.22. The van der Waals surface area contributed by atoms with E-state index in [1.807, 2.05) is 24.3 Å². The summed E-state index contributed by atoms with van der Waals surface area (Å²) in [6.07, 6.45) is 2.04. The molecule has 1 heterocycles. The smallest absolute Gasteiger partial charge is 0.212 e. The summed E-state index contributed by atoms with van der Waals surface area (Å²) in [5, 5.41) is 0. The highest BCUT2D eigenvalue weighted by Gasteiger charge is 2.17. The Balaban J connectivity index is 1.72. The van der Waals surface area contributed by atoms with Gasteiger partial charge in [0.25, 0.3) is 0 Å². The summed E-state index contributed by atoms with van der Waals surface area (Å²) in [6, 6.07) is 7.48. The lowest BCUT2D eigenvalue weighted by molar-refractivity contribution is 0.0568. The molecule has 1 aromatic carbocycles. The van der Waals surface area contributed by atoms with E-state index in [0.29, 0.717) is 30.5 Å². The van der Waals surface area contributed by atoms with Crippen molar-refractivity contribution in [1.29, 1.82) is 0 Å². The number of nitrogens with one attached hydrogen (secondary N) is 1. The largest absolute Gasteiger partial charge is 0.398 e. The molecular formula is C14H22N2O3S2. The highest BCUT2D eigenvalue weighted by atomic mass is 32.2. The van der Waals surface area contributed by atoms with E-state index >= 15 is 0 Å². The summed E-state index contributed by atoms with van der Waals surface area (Å²) in [4.78, 5) is 0.924. The highest BCUT2D eigenvalue weighted by Crippen LogP contribution is 2.24. The lowest BCUT2D eigenvalue weighted by atomic mass is 10.0. The molecule has 1 unspecified atom stereocenters. The quantitative estimate of drug-likeness (QED) is 0.587. The van der Waals surface area contributed by atoms with E-state index in [9.17, 15) is 8.42 Å². The molecule has 5 nitrogen and oxygen atoms in total. The molecule has 0 radical (unpaired) electrons. The average Bonchev–Trinajstić information content (AvgIpc) is 2.48. The molecule has 1 fully saturated rings. The van der Waals surface area contributed by atoms with Gasteiger partial charge in [-0.05, 0) is 30.9 Å². The number of benzene rings is 1. The molecule has 21 heavy (non-hydrogen) atoms. The molecule has 0 bridgehead atoms. The zero-order valence-corrected chi connectivity index (χ0v) is 13.6. The Morgan fingerprint density at radius 2 is 2.19 bits per heavy atom. The van der Waals surface area contributed by atoms with Crippen molar-refractivity contribution >= 4 is 27.5 Å². The number of thioether (sulfide) groups is 1. The molecular weight excluding hydrogens is 308 g/mol. The van der Waals surface area contributed by atoms with Gasteiger partial charge in [-0.25, -0.2) is 13.1 Å². The number of ether oxygens (including phenoxy) is 1. The summed E-state index contributed by atoms with van der Waals surface area (Å²) in [5.41, 5.74) is 6.51. The van der Waals surface area contributed by atoms with E-state index in [1.165, 1.54) is 11.8 Å². The van der Waals surface area contributed by atoms with Crippen LogP contribution in [0.5, 0.6) is 0 Å². The molecule has 0 saturated carbocycles. The van der Waals surface area contributed by atoms with Crippen LogP contribution in [0.25, 0.3) is 0 Å². The van der Waals surface area contributed by atoms with Crippen molar-refractivity contribution in [2.45, 2.75) is 17.7 Å². The van der Waals surface area contributed by atoms with Crippen LogP contribution in [0.2, 0.25) is 0 Å². The molecule has 0 amide bonds. The minimum atomic E-state index is -3.23. The third-order valence-electron chi connectivity index (χ3n) is 3.38. The van der Waals surface area contributed by atoms with Crippen LogP contribution in [0, 0.1) is 5.92 Å². The number of nitrogens with two attached hydrogens (primary N) is 1. The van der Waals surface area contributed by atoms with Crippen LogP contribution in [0.1, 0.15) is 12.8 Å². The average molecular weight is 330 g/mol. The van der Waals surface area contributed by atoms with E-state index in [2.05, 4.69) is 4.72 Å². The van der Waals surface area contributed by atoms with Gasteiger partial charge in [0, 0.05) is 29.5 Å². The van der Waals surface area contributed by atoms with Crippen molar-refractivity contribution in [3.63, 3.8) is 0 Å². The Bertz CT molecular complexity index is 543. The normalized spacial score (nSPS) is 19.5. The van der Waals surface area contributed by atoms with Gasteiger partial charge in [0.05, 0.1) is 12.4 Å². The highest BCUT2D eigenvalue weighted by molar-refractivity contribution is 8.00. The fourth-order valence-electron chi connectivity index (χ4n) is 2.16. The first kappa shape index (κ1) is 16.6. The molecule has 0 aliphatic carbocycles. The van der Waals surface area contributed by atoms with Crippen molar-refractivity contribution < 1.29 is 13.2 Å². The van der Waals surface area contributed by atoms with Gasteiger partial charge in [-0.1, -0.05) is 12.1 Å². The summed E-state index contributed by atoms with van der Waals surface area (Å²) in [5.74, 6) is 0.885. The predicted octanol–water partition coefficient (Wildman–Crippen LogP) is 1.71. The number of para-hydroxylation sites is 1. The molecule has 2 rings (SSSR count). The Morgan fingerprint density at radius 1 is 1.38 bits per heavy atom. The summed E-state index contributed by atoms with van der Waals surface area (Å²) in [7, 11) is -3.23. The van der Waals surface area contributed by atoms with Crippen LogP contribution < -0.4 is 10.5 Å². The van der Waals surface area contributed by atoms with E-state index in [4.69, 9.17) is 10.5 Å². The SMILES string of the molecule is Nc1ccccc1SCCS(=O)(=O)NCC1CCCOC1. The van der Waals surface area contributed by atoms with Gasteiger partial charge in [-0.2, -0.15) is 0 Å². The van der Waals surface area contributed by atoms with Gasteiger partial charge in [-0.15, -0.1) is 11.8 Å². The van der Waals surface area contributed by atoms with E-state index in [0.717, 1.165) is 24.3 Å². The number of anilines is 1. The van der Waals surface area contributed by atoms with Crippen molar-refractivity contribution in [2.75, 3.05) is 37.0 Å². The molecule has 0 aromatic heterocycles. The first-order chi connectivity index (χ1) is 10.1. The van der Waals surface area contributed by atoms with Crippen molar-refractivity contribution in [1.82, 2.24) is 4.72 Å². The number of hydrogen-bond acceptors (Lipinski definition) is 5. The zero-order chi connectivity index (χ0) is 15.1. The van der Waals surface area contributed by atoms with Gasteiger partial charge in [-0.3, -0.25) is 0 Å². The van der Waals surface area contributed by atoms with E-state index in [-0.39, 0.29) is 5.75 Å². The Kier molecular flexibility index (Phi) is 6.35. The molecule has 1 aromatic rings. The molecule has 118 valence electrons. The van der Waals surface area contributed by atoms with Crippen LogP contribution in [0.15, 0.2) is 29.2 Å². The number of hydrogen-bond donors (Lipinski definition) is 2. The number of rotatable bonds is 7. The topological polar surface area (TPSA) is 81.4 Å². The van der Waals surface area contributed by atoms with Crippen LogP contribution in [-0.4, -0.2) is 39.7 Å². The first-order valence-electron chi connectivity index (χ1n) is 7.09. The fourth-order valence-corrected chi connectivity index (χ4v) is 4.63. The molecule has 1 aliphatic rings. The second-order valence-corrected chi connectivity index (χ2v) is 8.20. The Labute approximate surface area is 130 Å². The molecule has 1 saturated heterocycles. The van der Waals surface area contributed by atoms with Crippen LogP contribution in [0.4, 0.5) is 5.69 Å². The van der Waals surface area contributed by atoms with Gasteiger partial charge in [0.1, 0.15) is 0 Å². The number of sulfonamides is 1. The fraction of sp³-hybridized carbons (Fsp3) is 0.571. The van der Waals surface area contributed by atoms with Crippen molar-refractivity contribution in [3.05, 3.63) is 24.3 Å². The van der Waals surface area contributed by atoms with Crippen molar-refractivity contribution in [2.24, 2.45) is 5.92 Å². The predicted molar refractivity (Wildman–Crippen MR) is 86.9 cm³/mol. The van der Waals surface area contributed by atoms with Gasteiger partial charge >= 0.3 is 0 Å². The molecule has 0 spiro atoms. The third-order valence-corrected chi connectivity index (χ3v) is 6.07.